The number of piperazine rings is 1. The van der Waals surface area contributed by atoms with Gasteiger partial charge in [-0.2, -0.15) is 4.98 Å². The summed E-state index contributed by atoms with van der Waals surface area (Å²) in [6.45, 7) is 5.94. The van der Waals surface area contributed by atoms with Crippen molar-refractivity contribution in [1.82, 2.24) is 14.9 Å². The van der Waals surface area contributed by atoms with Crippen LogP contribution in [-0.2, 0) is 4.79 Å². The number of rotatable bonds is 9. The maximum Gasteiger partial charge on any atom is 0.251 e. The van der Waals surface area contributed by atoms with Crippen molar-refractivity contribution < 1.29 is 18.3 Å². The zero-order valence-electron chi connectivity index (χ0n) is 20.4. The topological polar surface area (TPSA) is 82.6 Å². The van der Waals surface area contributed by atoms with Gasteiger partial charge in [0.1, 0.15) is 10.4 Å². The van der Waals surface area contributed by atoms with Crippen molar-refractivity contribution in [2.75, 3.05) is 48.3 Å². The number of ether oxygens (including phenoxy) is 1. The Morgan fingerprint density at radius 3 is 2.61 bits per heavy atom. The number of anilines is 4. The predicted octanol–water partition coefficient (Wildman–Crippen LogP) is 5.74. The molecule has 2 aromatic heterocycles. The van der Waals surface area contributed by atoms with Gasteiger partial charge in [0.25, 0.3) is 6.43 Å². The van der Waals surface area contributed by atoms with Crippen LogP contribution >= 0.6 is 11.3 Å². The molecule has 38 heavy (non-hydrogen) atoms. The lowest BCUT2D eigenvalue weighted by Gasteiger charge is -2.35. The standard InChI is InChI=1S/C27H26F2N6O2S/c1-2-24(36)30-19-4-3-5-21(16-19)37-26-25-22(10-15-38-25)32-27(33-26)31-18-6-8-20(9-7-18)35-13-11-34(12-14-35)17-23(28)29/h2-10,15-16,23H,1,11-14,17H2,(H,30,36)(H,31,32,33). The number of hydrogen-bond donors (Lipinski definition) is 2. The molecule has 1 amide bonds. The molecule has 11 heteroatoms. The number of alkyl halides is 2. The highest BCUT2D eigenvalue weighted by Gasteiger charge is 2.20. The van der Waals surface area contributed by atoms with Crippen molar-refractivity contribution in [3.05, 3.63) is 72.6 Å². The Kier molecular flexibility index (Phi) is 7.75. The third-order valence-electron chi connectivity index (χ3n) is 6.03. The van der Waals surface area contributed by atoms with Crippen LogP contribution in [0.2, 0.25) is 0 Å². The van der Waals surface area contributed by atoms with Crippen LogP contribution < -0.4 is 20.3 Å². The zero-order valence-corrected chi connectivity index (χ0v) is 21.3. The van der Waals surface area contributed by atoms with E-state index in [1.807, 2.05) is 35.7 Å². The van der Waals surface area contributed by atoms with Crippen LogP contribution in [-0.4, -0.2) is 59.9 Å². The molecule has 0 unspecified atom stereocenters. The molecule has 0 aliphatic carbocycles. The van der Waals surface area contributed by atoms with Crippen molar-refractivity contribution in [2.24, 2.45) is 0 Å². The van der Waals surface area contributed by atoms with Crippen LogP contribution in [0, 0.1) is 0 Å². The zero-order chi connectivity index (χ0) is 26.5. The van der Waals surface area contributed by atoms with E-state index in [4.69, 9.17) is 4.74 Å². The van der Waals surface area contributed by atoms with E-state index in [1.54, 1.807) is 29.2 Å². The molecule has 8 nitrogen and oxygen atoms in total. The monoisotopic (exact) mass is 536 g/mol. The first-order valence-corrected chi connectivity index (χ1v) is 12.9. The van der Waals surface area contributed by atoms with E-state index in [1.165, 1.54) is 17.4 Å². The summed E-state index contributed by atoms with van der Waals surface area (Å²) in [7, 11) is 0. The lowest BCUT2D eigenvalue weighted by Crippen LogP contribution is -2.47. The molecule has 5 rings (SSSR count). The molecule has 2 N–H and O–H groups in total. The third kappa shape index (κ3) is 6.24. The number of nitrogens with zero attached hydrogens (tertiary/aromatic N) is 4. The van der Waals surface area contributed by atoms with Gasteiger partial charge in [-0.05, 0) is 53.9 Å². The molecule has 0 saturated carbocycles. The lowest BCUT2D eigenvalue weighted by molar-refractivity contribution is -0.111. The Morgan fingerprint density at radius 1 is 1.08 bits per heavy atom. The molecular weight excluding hydrogens is 510 g/mol. The summed E-state index contributed by atoms with van der Waals surface area (Å²) < 4.78 is 32.2. The van der Waals surface area contributed by atoms with E-state index < -0.39 is 6.43 Å². The van der Waals surface area contributed by atoms with Crippen molar-refractivity contribution in [1.29, 1.82) is 0 Å². The van der Waals surface area contributed by atoms with Crippen LogP contribution in [0.25, 0.3) is 10.2 Å². The van der Waals surface area contributed by atoms with Gasteiger partial charge < -0.3 is 20.3 Å². The number of carbonyl (C=O) groups excluding carboxylic acids is 1. The van der Waals surface area contributed by atoms with Gasteiger partial charge >= 0.3 is 0 Å². The largest absolute Gasteiger partial charge is 0.437 e. The van der Waals surface area contributed by atoms with Gasteiger partial charge in [0.05, 0.1) is 12.1 Å². The summed E-state index contributed by atoms with van der Waals surface area (Å²) >= 11 is 1.48. The Balaban J connectivity index is 1.29. The first kappa shape index (κ1) is 25.6. The Morgan fingerprint density at radius 2 is 1.87 bits per heavy atom. The fourth-order valence-corrected chi connectivity index (χ4v) is 4.93. The number of hydrogen-bond acceptors (Lipinski definition) is 8. The molecule has 0 atom stereocenters. The van der Waals surface area contributed by atoms with Gasteiger partial charge in [-0.25, -0.2) is 13.8 Å². The van der Waals surface area contributed by atoms with Gasteiger partial charge in [0, 0.05) is 49.3 Å². The molecule has 1 saturated heterocycles. The number of nitrogens with one attached hydrogen (secondary N) is 2. The molecule has 196 valence electrons. The first-order valence-electron chi connectivity index (χ1n) is 12.1. The van der Waals surface area contributed by atoms with Crippen molar-refractivity contribution in [3.8, 4) is 11.6 Å². The van der Waals surface area contributed by atoms with E-state index >= 15 is 0 Å². The maximum absolute atomic E-state index is 12.6. The minimum absolute atomic E-state index is 0.172. The number of benzene rings is 2. The molecule has 2 aromatic carbocycles. The van der Waals surface area contributed by atoms with Gasteiger partial charge in [-0.15, -0.1) is 11.3 Å². The fourth-order valence-electron chi connectivity index (χ4n) is 4.17. The second kappa shape index (κ2) is 11.5. The van der Waals surface area contributed by atoms with E-state index in [9.17, 15) is 13.6 Å². The van der Waals surface area contributed by atoms with E-state index in [0.717, 1.165) is 21.6 Å². The molecule has 0 radical (unpaired) electrons. The molecule has 1 aliphatic rings. The number of fused-ring (bicyclic) bond motifs is 1. The Labute approximate surface area is 222 Å². The Hall–Kier alpha value is -4.09. The maximum atomic E-state index is 12.6. The van der Waals surface area contributed by atoms with Crippen LogP contribution in [0.15, 0.2) is 72.6 Å². The highest BCUT2D eigenvalue weighted by molar-refractivity contribution is 7.17. The summed E-state index contributed by atoms with van der Waals surface area (Å²) in [5.41, 5.74) is 3.17. The molecule has 0 bridgehead atoms. The molecule has 1 aliphatic heterocycles. The van der Waals surface area contributed by atoms with Gasteiger partial charge in [-0.3, -0.25) is 9.69 Å². The lowest BCUT2D eigenvalue weighted by atomic mass is 10.2. The van der Waals surface area contributed by atoms with Crippen molar-refractivity contribution >= 4 is 50.5 Å². The van der Waals surface area contributed by atoms with Crippen molar-refractivity contribution in [2.45, 2.75) is 6.43 Å². The minimum Gasteiger partial charge on any atom is -0.437 e. The fraction of sp³-hybridized carbons (Fsp3) is 0.222. The molecule has 3 heterocycles. The quantitative estimate of drug-likeness (QED) is 0.264. The summed E-state index contributed by atoms with van der Waals surface area (Å²) in [4.78, 5) is 24.8. The number of aromatic nitrogens is 2. The number of carbonyl (C=O) groups is 1. The van der Waals surface area contributed by atoms with Crippen LogP contribution in [0.1, 0.15) is 0 Å². The molecule has 1 fully saturated rings. The smallest absolute Gasteiger partial charge is 0.251 e. The average Bonchev–Trinajstić information content (AvgIpc) is 3.39. The molecular formula is C27H26F2N6O2S. The number of halogens is 2. The second-order valence-corrected chi connectivity index (χ2v) is 9.58. The SMILES string of the molecule is C=CC(=O)Nc1cccc(Oc2nc(Nc3ccc(N4CCN(CC(F)F)CC4)cc3)nc3ccsc23)c1. The Bertz CT molecular complexity index is 1420. The predicted molar refractivity (Wildman–Crippen MR) is 147 cm³/mol. The normalized spacial score (nSPS) is 14.0. The van der Waals surface area contributed by atoms with Crippen LogP contribution in [0.3, 0.4) is 0 Å². The number of thiophene rings is 1. The summed E-state index contributed by atoms with van der Waals surface area (Å²) in [6, 6.07) is 16.8. The molecule has 0 spiro atoms. The first-order chi connectivity index (χ1) is 18.5. The van der Waals surface area contributed by atoms with Gasteiger partial charge in [-0.1, -0.05) is 12.6 Å². The van der Waals surface area contributed by atoms with Gasteiger partial charge in [0.15, 0.2) is 0 Å². The summed E-state index contributed by atoms with van der Waals surface area (Å²) in [5, 5.41) is 7.88. The number of amides is 1. The van der Waals surface area contributed by atoms with E-state index in [2.05, 4.69) is 32.1 Å². The highest BCUT2D eigenvalue weighted by atomic mass is 32.1. The summed E-state index contributed by atoms with van der Waals surface area (Å²) in [6.07, 6.45) is -1.10. The highest BCUT2D eigenvalue weighted by Crippen LogP contribution is 2.34. The average molecular weight is 537 g/mol. The summed E-state index contributed by atoms with van der Waals surface area (Å²) in [5.74, 6) is 0.994. The van der Waals surface area contributed by atoms with E-state index in [0.29, 0.717) is 49.4 Å². The second-order valence-electron chi connectivity index (χ2n) is 8.66. The van der Waals surface area contributed by atoms with E-state index in [-0.39, 0.29) is 12.5 Å². The van der Waals surface area contributed by atoms with Crippen molar-refractivity contribution in [3.63, 3.8) is 0 Å². The van der Waals surface area contributed by atoms with Crippen LogP contribution in [0.4, 0.5) is 31.8 Å². The van der Waals surface area contributed by atoms with Crippen LogP contribution in [0.5, 0.6) is 11.6 Å². The molecule has 4 aromatic rings. The van der Waals surface area contributed by atoms with Gasteiger partial charge in [0.2, 0.25) is 17.7 Å². The minimum atomic E-state index is -2.30. The third-order valence-corrected chi connectivity index (χ3v) is 6.92.